The van der Waals surface area contributed by atoms with Crippen LogP contribution in [0, 0.1) is 11.6 Å². The van der Waals surface area contributed by atoms with Crippen LogP contribution in [-0.2, 0) is 4.79 Å². The van der Waals surface area contributed by atoms with Crippen LogP contribution in [0.5, 0.6) is 0 Å². The second kappa shape index (κ2) is 6.09. The molecule has 0 fully saturated rings. The maximum absolute atomic E-state index is 12.9. The fourth-order valence-electron chi connectivity index (χ4n) is 1.47. The summed E-state index contributed by atoms with van der Waals surface area (Å²) in [7, 11) is 0. The summed E-state index contributed by atoms with van der Waals surface area (Å²) in [4.78, 5) is 22.5. The lowest BCUT2D eigenvalue weighted by molar-refractivity contribution is -0.139. The van der Waals surface area contributed by atoms with Gasteiger partial charge in [0.05, 0.1) is 0 Å². The number of benzene rings is 1. The Morgan fingerprint density at radius 3 is 2.28 bits per heavy atom. The Bertz CT molecular complexity index is 442. The molecular formula is C12H13F2NO3. The molecule has 0 heterocycles. The van der Waals surface area contributed by atoms with Gasteiger partial charge in [-0.15, -0.1) is 0 Å². The number of rotatable bonds is 5. The van der Waals surface area contributed by atoms with Gasteiger partial charge in [-0.25, -0.2) is 13.6 Å². The van der Waals surface area contributed by atoms with E-state index in [1.54, 1.807) is 6.92 Å². The zero-order valence-corrected chi connectivity index (χ0v) is 9.74. The second-order valence-corrected chi connectivity index (χ2v) is 3.81. The van der Waals surface area contributed by atoms with E-state index in [1.165, 1.54) is 0 Å². The van der Waals surface area contributed by atoms with Gasteiger partial charge in [-0.05, 0) is 18.6 Å². The summed E-state index contributed by atoms with van der Waals surface area (Å²) in [5.41, 5.74) is -0.241. The number of carboxylic acids is 1. The van der Waals surface area contributed by atoms with Crippen molar-refractivity contribution in [2.24, 2.45) is 0 Å². The topological polar surface area (TPSA) is 66.4 Å². The first-order chi connectivity index (χ1) is 8.43. The third kappa shape index (κ3) is 3.80. The van der Waals surface area contributed by atoms with Crippen molar-refractivity contribution in [2.45, 2.75) is 25.8 Å². The Morgan fingerprint density at radius 1 is 1.28 bits per heavy atom. The average Bonchev–Trinajstić information content (AvgIpc) is 2.26. The Labute approximate surface area is 103 Å². The van der Waals surface area contributed by atoms with E-state index < -0.39 is 29.6 Å². The zero-order valence-electron chi connectivity index (χ0n) is 9.74. The molecule has 0 saturated carbocycles. The van der Waals surface area contributed by atoms with Gasteiger partial charge in [-0.3, -0.25) is 4.79 Å². The molecule has 0 spiro atoms. The highest BCUT2D eigenvalue weighted by atomic mass is 19.1. The molecule has 0 aliphatic rings. The van der Waals surface area contributed by atoms with Crippen LogP contribution in [-0.4, -0.2) is 23.0 Å². The summed E-state index contributed by atoms with van der Waals surface area (Å²) in [6.45, 7) is 1.77. The van der Waals surface area contributed by atoms with Crippen molar-refractivity contribution in [3.8, 4) is 0 Å². The quantitative estimate of drug-likeness (QED) is 0.847. The molecule has 0 saturated heterocycles. The van der Waals surface area contributed by atoms with Crippen molar-refractivity contribution in [1.29, 1.82) is 0 Å². The number of aliphatic carboxylic acids is 1. The van der Waals surface area contributed by atoms with Gasteiger partial charge in [0.1, 0.15) is 17.7 Å². The standard InChI is InChI=1S/C12H13F2NO3/c1-2-3-10(12(17)18)15-11(16)7-4-8(13)6-9(14)5-7/h4-6,10H,2-3H2,1H3,(H,15,16)(H,17,18). The fourth-order valence-corrected chi connectivity index (χ4v) is 1.47. The Hall–Kier alpha value is -1.98. The molecule has 1 amide bonds. The number of nitrogens with one attached hydrogen (secondary N) is 1. The maximum Gasteiger partial charge on any atom is 0.326 e. The highest BCUT2D eigenvalue weighted by Crippen LogP contribution is 2.08. The second-order valence-electron chi connectivity index (χ2n) is 3.81. The molecule has 1 atom stereocenters. The molecular weight excluding hydrogens is 244 g/mol. The van der Waals surface area contributed by atoms with Crippen molar-refractivity contribution in [3.05, 3.63) is 35.4 Å². The number of hydrogen-bond donors (Lipinski definition) is 2. The molecule has 0 aliphatic heterocycles. The minimum atomic E-state index is -1.18. The molecule has 0 radical (unpaired) electrons. The Morgan fingerprint density at radius 2 is 1.83 bits per heavy atom. The smallest absolute Gasteiger partial charge is 0.326 e. The SMILES string of the molecule is CCCC(NC(=O)c1cc(F)cc(F)c1)C(=O)O. The van der Waals surface area contributed by atoms with Crippen LogP contribution in [0.15, 0.2) is 18.2 Å². The number of halogens is 2. The van der Waals surface area contributed by atoms with E-state index >= 15 is 0 Å². The molecule has 0 bridgehead atoms. The first kappa shape index (κ1) is 14.1. The van der Waals surface area contributed by atoms with Crippen molar-refractivity contribution in [2.75, 3.05) is 0 Å². The van der Waals surface area contributed by atoms with Gasteiger partial charge < -0.3 is 10.4 Å². The van der Waals surface area contributed by atoms with Gasteiger partial charge >= 0.3 is 5.97 Å². The van der Waals surface area contributed by atoms with E-state index in [1.807, 2.05) is 0 Å². The van der Waals surface area contributed by atoms with Crippen LogP contribution in [0.4, 0.5) is 8.78 Å². The summed E-state index contributed by atoms with van der Waals surface area (Å²) < 4.78 is 25.8. The van der Waals surface area contributed by atoms with E-state index in [-0.39, 0.29) is 12.0 Å². The van der Waals surface area contributed by atoms with E-state index in [4.69, 9.17) is 5.11 Å². The van der Waals surface area contributed by atoms with Crippen molar-refractivity contribution in [1.82, 2.24) is 5.32 Å². The predicted octanol–water partition coefficient (Wildman–Crippen LogP) is 1.95. The van der Waals surface area contributed by atoms with Crippen molar-refractivity contribution >= 4 is 11.9 Å². The molecule has 1 rings (SSSR count). The van der Waals surface area contributed by atoms with Crippen LogP contribution < -0.4 is 5.32 Å². The third-order valence-electron chi connectivity index (χ3n) is 2.31. The van der Waals surface area contributed by atoms with Gasteiger partial charge in [-0.2, -0.15) is 0 Å². The summed E-state index contributed by atoms with van der Waals surface area (Å²) in [5.74, 6) is -3.76. The summed E-state index contributed by atoms with van der Waals surface area (Å²) in [5, 5.41) is 11.1. The van der Waals surface area contributed by atoms with Gasteiger partial charge in [-0.1, -0.05) is 13.3 Å². The van der Waals surface area contributed by atoms with Gasteiger partial charge in [0.25, 0.3) is 5.91 Å². The largest absolute Gasteiger partial charge is 0.480 e. The predicted molar refractivity (Wildman–Crippen MR) is 60.2 cm³/mol. The molecule has 0 aliphatic carbocycles. The van der Waals surface area contributed by atoms with Gasteiger partial charge in [0.15, 0.2) is 0 Å². The summed E-state index contributed by atoms with van der Waals surface area (Å²) in [6, 6.07) is 1.28. The molecule has 0 aromatic heterocycles. The Balaban J connectivity index is 2.83. The van der Waals surface area contributed by atoms with Crippen LogP contribution in [0.3, 0.4) is 0 Å². The number of hydrogen-bond acceptors (Lipinski definition) is 2. The van der Waals surface area contributed by atoms with Crippen LogP contribution in [0.25, 0.3) is 0 Å². The first-order valence-electron chi connectivity index (χ1n) is 5.43. The molecule has 6 heteroatoms. The number of amides is 1. The molecule has 1 aromatic carbocycles. The minimum Gasteiger partial charge on any atom is -0.480 e. The average molecular weight is 257 g/mol. The van der Waals surface area contributed by atoms with Gasteiger partial charge in [0.2, 0.25) is 0 Å². The minimum absolute atomic E-state index is 0.241. The molecule has 1 unspecified atom stereocenters. The van der Waals surface area contributed by atoms with E-state index in [0.717, 1.165) is 12.1 Å². The number of carbonyl (C=O) groups excluding carboxylic acids is 1. The van der Waals surface area contributed by atoms with Gasteiger partial charge in [0, 0.05) is 11.6 Å². The van der Waals surface area contributed by atoms with Crippen molar-refractivity contribution < 1.29 is 23.5 Å². The fraction of sp³-hybridized carbons (Fsp3) is 0.333. The summed E-state index contributed by atoms with van der Waals surface area (Å²) >= 11 is 0. The van der Waals surface area contributed by atoms with Crippen LogP contribution in [0.2, 0.25) is 0 Å². The summed E-state index contributed by atoms with van der Waals surface area (Å²) in [6.07, 6.45) is 0.813. The lowest BCUT2D eigenvalue weighted by Gasteiger charge is -2.13. The van der Waals surface area contributed by atoms with E-state index in [9.17, 15) is 18.4 Å². The van der Waals surface area contributed by atoms with Crippen LogP contribution >= 0.6 is 0 Å². The molecule has 18 heavy (non-hydrogen) atoms. The maximum atomic E-state index is 12.9. The Kier molecular flexibility index (Phi) is 4.76. The number of carboxylic acid groups (broad SMARTS) is 1. The molecule has 4 nitrogen and oxygen atoms in total. The highest BCUT2D eigenvalue weighted by molar-refractivity contribution is 5.96. The van der Waals surface area contributed by atoms with Crippen molar-refractivity contribution in [3.63, 3.8) is 0 Å². The van der Waals surface area contributed by atoms with E-state index in [2.05, 4.69) is 5.32 Å². The highest BCUT2D eigenvalue weighted by Gasteiger charge is 2.20. The van der Waals surface area contributed by atoms with E-state index in [0.29, 0.717) is 12.5 Å². The van der Waals surface area contributed by atoms with Crippen LogP contribution in [0.1, 0.15) is 30.1 Å². The zero-order chi connectivity index (χ0) is 13.7. The molecule has 98 valence electrons. The molecule has 1 aromatic rings. The monoisotopic (exact) mass is 257 g/mol. The lowest BCUT2D eigenvalue weighted by atomic mass is 10.1. The first-order valence-corrected chi connectivity index (χ1v) is 5.43. The number of carbonyl (C=O) groups is 2. The third-order valence-corrected chi connectivity index (χ3v) is 2.31. The molecule has 2 N–H and O–H groups in total. The lowest BCUT2D eigenvalue weighted by Crippen LogP contribution is -2.40. The normalized spacial score (nSPS) is 11.9.